The summed E-state index contributed by atoms with van der Waals surface area (Å²) in [5, 5.41) is 14.2. The first-order valence-corrected chi connectivity index (χ1v) is 13.0. The number of likely N-dealkylation sites (tertiary alicyclic amines) is 1. The number of methoxy groups -OCH3 is 1. The molecule has 2 aliphatic rings. The smallest absolute Gasteiger partial charge is 0.258 e. The molecule has 0 spiro atoms. The molecule has 3 aromatic rings. The lowest BCUT2D eigenvalue weighted by molar-refractivity contribution is 0.0678. The molecule has 0 bridgehead atoms. The van der Waals surface area contributed by atoms with E-state index in [0.29, 0.717) is 18.2 Å². The van der Waals surface area contributed by atoms with E-state index >= 15 is 0 Å². The molecule has 0 saturated carbocycles. The van der Waals surface area contributed by atoms with Gasteiger partial charge in [-0.2, -0.15) is 5.10 Å². The predicted molar refractivity (Wildman–Crippen MR) is 134 cm³/mol. The largest absolute Gasteiger partial charge is 0.385 e. The molecule has 1 unspecified atom stereocenters. The van der Waals surface area contributed by atoms with Crippen molar-refractivity contribution in [3.63, 3.8) is 0 Å². The zero-order valence-corrected chi connectivity index (χ0v) is 21.1. The number of benzene rings is 1. The van der Waals surface area contributed by atoms with Gasteiger partial charge in [0.05, 0.1) is 35.2 Å². The number of carbonyl (C=O) groups excluding carboxylic acids is 1. The number of hydrogen-bond acceptors (Lipinski definition) is 5. The number of ether oxygens (including phenoxy) is 1. The minimum atomic E-state index is 0.0471. The number of aryl methyl sites for hydroxylation is 2. The van der Waals surface area contributed by atoms with Crippen LogP contribution in [0.15, 0.2) is 30.5 Å². The minimum absolute atomic E-state index is 0.0471. The Morgan fingerprint density at radius 3 is 2.83 bits per heavy atom. The molecule has 1 saturated heterocycles. The van der Waals surface area contributed by atoms with Crippen LogP contribution in [0.2, 0.25) is 5.02 Å². The third-order valence-corrected chi connectivity index (χ3v) is 7.33. The Hall–Kier alpha value is -2.71. The minimum Gasteiger partial charge on any atom is -0.385 e. The van der Waals surface area contributed by atoms with Crippen molar-refractivity contribution < 1.29 is 9.53 Å². The average molecular weight is 497 g/mol. The maximum absolute atomic E-state index is 14.2. The van der Waals surface area contributed by atoms with Crippen LogP contribution in [-0.2, 0) is 30.7 Å². The van der Waals surface area contributed by atoms with Gasteiger partial charge in [-0.1, -0.05) is 41.8 Å². The van der Waals surface area contributed by atoms with Crippen LogP contribution >= 0.6 is 11.6 Å². The first-order valence-electron chi connectivity index (χ1n) is 12.7. The normalized spacial score (nSPS) is 18.0. The summed E-state index contributed by atoms with van der Waals surface area (Å²) in [6, 6.07) is 8.00. The number of fused-ring (bicyclic) bond motifs is 1. The molecule has 0 N–H and O–H groups in total. The average Bonchev–Trinajstić information content (AvgIpc) is 3.52. The van der Waals surface area contributed by atoms with Gasteiger partial charge < -0.3 is 9.64 Å². The fourth-order valence-electron chi connectivity index (χ4n) is 5.35. The van der Waals surface area contributed by atoms with Gasteiger partial charge >= 0.3 is 0 Å². The second kappa shape index (κ2) is 10.9. The van der Waals surface area contributed by atoms with Crippen LogP contribution in [0.4, 0.5) is 0 Å². The van der Waals surface area contributed by atoms with Crippen molar-refractivity contribution in [2.75, 3.05) is 20.3 Å². The van der Waals surface area contributed by atoms with Crippen molar-refractivity contribution in [1.82, 2.24) is 29.7 Å². The van der Waals surface area contributed by atoms with Crippen molar-refractivity contribution in [1.29, 1.82) is 0 Å². The molecule has 8 nitrogen and oxygen atoms in total. The zero-order chi connectivity index (χ0) is 24.2. The van der Waals surface area contributed by atoms with Gasteiger partial charge in [0.25, 0.3) is 5.91 Å². The summed E-state index contributed by atoms with van der Waals surface area (Å²) in [7, 11) is 1.70. The fourth-order valence-corrected chi connectivity index (χ4v) is 5.48. The molecule has 186 valence electrons. The van der Waals surface area contributed by atoms with Crippen LogP contribution in [0.5, 0.6) is 0 Å². The van der Waals surface area contributed by atoms with E-state index in [1.807, 2.05) is 23.0 Å². The van der Waals surface area contributed by atoms with Gasteiger partial charge in [-0.05, 0) is 56.2 Å². The third kappa shape index (κ3) is 5.28. The number of hydrogen-bond donors (Lipinski definition) is 0. The fraction of sp³-hybridized carbons (Fsp3) is 0.538. The number of nitrogens with zero attached hydrogens (tertiary/aromatic N) is 6. The Morgan fingerprint density at radius 1 is 1.14 bits per heavy atom. The lowest BCUT2D eigenvalue weighted by atomic mass is 9.99. The number of carbonyl (C=O) groups is 1. The Kier molecular flexibility index (Phi) is 7.48. The predicted octanol–water partition coefficient (Wildman–Crippen LogP) is 4.46. The molecular weight excluding hydrogens is 464 g/mol. The Labute approximate surface area is 211 Å². The van der Waals surface area contributed by atoms with Crippen LogP contribution in [0.25, 0.3) is 0 Å². The molecule has 2 aromatic heterocycles. The maximum atomic E-state index is 14.2. The molecule has 0 aliphatic carbocycles. The molecule has 1 atom stereocenters. The highest BCUT2D eigenvalue weighted by molar-refractivity contribution is 6.30. The molecule has 4 heterocycles. The Bertz CT molecular complexity index is 1160. The van der Waals surface area contributed by atoms with Crippen molar-refractivity contribution >= 4 is 17.5 Å². The van der Waals surface area contributed by atoms with E-state index in [-0.39, 0.29) is 11.9 Å². The molecular formula is C26H33ClN6O2. The van der Waals surface area contributed by atoms with Crippen molar-refractivity contribution in [2.24, 2.45) is 0 Å². The standard InChI is InChI=1S/C26H33ClN6O2/c1-35-16-6-7-21-17-31(30-28-21)18-22-25(24-9-5-15-33(24)29-22)26(34)32-14-4-2-3-8-23(32)19-10-12-20(27)13-11-19/h10-13,17,23H,2-9,14-16,18H2,1H3. The summed E-state index contributed by atoms with van der Waals surface area (Å²) in [4.78, 5) is 16.3. The van der Waals surface area contributed by atoms with Crippen LogP contribution in [0, 0.1) is 0 Å². The quantitative estimate of drug-likeness (QED) is 0.430. The topological polar surface area (TPSA) is 78.1 Å². The van der Waals surface area contributed by atoms with Crippen LogP contribution in [0.1, 0.15) is 77.6 Å². The van der Waals surface area contributed by atoms with Gasteiger partial charge in [0, 0.05) is 38.0 Å². The molecule has 1 aromatic carbocycles. The van der Waals surface area contributed by atoms with E-state index in [2.05, 4.69) is 27.3 Å². The first kappa shape index (κ1) is 24.0. The molecule has 1 amide bonds. The van der Waals surface area contributed by atoms with E-state index in [0.717, 1.165) is 92.7 Å². The van der Waals surface area contributed by atoms with Crippen molar-refractivity contribution in [2.45, 2.75) is 70.5 Å². The Morgan fingerprint density at radius 2 is 2.00 bits per heavy atom. The van der Waals surface area contributed by atoms with Crippen LogP contribution < -0.4 is 0 Å². The number of rotatable bonds is 8. The van der Waals surface area contributed by atoms with E-state index < -0.39 is 0 Å². The van der Waals surface area contributed by atoms with Crippen LogP contribution in [-0.4, -0.2) is 55.8 Å². The van der Waals surface area contributed by atoms with E-state index in [1.165, 1.54) is 0 Å². The van der Waals surface area contributed by atoms with Gasteiger partial charge in [0.2, 0.25) is 0 Å². The van der Waals surface area contributed by atoms with Gasteiger partial charge in [0.1, 0.15) is 0 Å². The summed E-state index contributed by atoms with van der Waals surface area (Å²) in [6.07, 6.45) is 9.80. The van der Waals surface area contributed by atoms with Crippen molar-refractivity contribution in [3.05, 3.63) is 63.7 Å². The number of halogens is 1. The highest BCUT2D eigenvalue weighted by Crippen LogP contribution is 2.34. The third-order valence-electron chi connectivity index (χ3n) is 7.08. The zero-order valence-electron chi connectivity index (χ0n) is 20.3. The maximum Gasteiger partial charge on any atom is 0.258 e. The van der Waals surface area contributed by atoms with Gasteiger partial charge in [-0.3, -0.25) is 9.48 Å². The molecule has 9 heteroatoms. The Balaban J connectivity index is 1.43. The monoisotopic (exact) mass is 496 g/mol. The second-order valence-electron chi connectivity index (χ2n) is 9.51. The van der Waals surface area contributed by atoms with E-state index in [1.54, 1.807) is 11.8 Å². The summed E-state index contributed by atoms with van der Waals surface area (Å²) < 4.78 is 8.96. The lowest BCUT2D eigenvalue weighted by Gasteiger charge is -2.31. The van der Waals surface area contributed by atoms with Gasteiger partial charge in [-0.15, -0.1) is 5.10 Å². The molecule has 2 aliphatic heterocycles. The molecule has 0 radical (unpaired) electrons. The summed E-state index contributed by atoms with van der Waals surface area (Å²) >= 11 is 6.15. The molecule has 35 heavy (non-hydrogen) atoms. The van der Waals surface area contributed by atoms with E-state index in [9.17, 15) is 4.79 Å². The summed E-state index contributed by atoms with van der Waals surface area (Å²) in [6.45, 7) is 2.75. The number of aromatic nitrogens is 5. The first-order chi connectivity index (χ1) is 17.1. The van der Waals surface area contributed by atoms with Crippen LogP contribution in [0.3, 0.4) is 0 Å². The second-order valence-corrected chi connectivity index (χ2v) is 9.95. The summed E-state index contributed by atoms with van der Waals surface area (Å²) in [5.41, 5.74) is 4.69. The molecule has 1 fully saturated rings. The SMILES string of the molecule is COCCCc1cn(Cc2nn3c(c2C(=O)N2CCCCCC2c2ccc(Cl)cc2)CCC3)nn1. The van der Waals surface area contributed by atoms with Gasteiger partial charge in [0.15, 0.2) is 0 Å². The van der Waals surface area contributed by atoms with Crippen molar-refractivity contribution in [3.8, 4) is 0 Å². The van der Waals surface area contributed by atoms with Gasteiger partial charge in [-0.25, -0.2) is 4.68 Å². The highest BCUT2D eigenvalue weighted by Gasteiger charge is 2.34. The molecule has 5 rings (SSSR count). The summed E-state index contributed by atoms with van der Waals surface area (Å²) in [5.74, 6) is 0.0884. The van der Waals surface area contributed by atoms with E-state index in [4.69, 9.17) is 21.4 Å². The lowest BCUT2D eigenvalue weighted by Crippen LogP contribution is -2.35. The highest BCUT2D eigenvalue weighted by atomic mass is 35.5. The number of amides is 1.